The van der Waals surface area contributed by atoms with Crippen LogP contribution in [-0.4, -0.2) is 53.9 Å². The smallest absolute Gasteiger partial charge is 0.154 e. The summed E-state index contributed by atoms with van der Waals surface area (Å²) in [4.78, 5) is 8.46. The first-order chi connectivity index (χ1) is 23.3. The van der Waals surface area contributed by atoms with Crippen LogP contribution in [0.25, 0.3) is 0 Å². The number of pyridine rings is 2. The molecule has 11 heteroatoms. The topological polar surface area (TPSA) is 74.6 Å². The van der Waals surface area contributed by atoms with Gasteiger partial charge in [-0.2, -0.15) is 10.2 Å². The van der Waals surface area contributed by atoms with Crippen LogP contribution in [0.15, 0.2) is 120 Å². The predicted molar refractivity (Wildman–Crippen MR) is 227 cm³/mol. The largest absolute Gasteiger partial charge is 0.262 e. The van der Waals surface area contributed by atoms with Crippen molar-refractivity contribution >= 4 is 91.9 Å². The Hall–Kier alpha value is -2.64. The summed E-state index contributed by atoms with van der Waals surface area (Å²) in [5, 5.41) is 8.50. The first-order valence-corrected chi connectivity index (χ1v) is 19.0. The number of thioether (sulfide) groups is 2. The van der Waals surface area contributed by atoms with Crippen LogP contribution in [0.3, 0.4) is 0 Å². The maximum absolute atomic E-state index is 5.25. The van der Waals surface area contributed by atoms with E-state index in [2.05, 4.69) is 83.0 Å². The molecule has 2 heterocycles. The molecule has 0 saturated carbocycles. The number of hydrogen-bond donors (Lipinski definition) is 2. The number of thiocarbonyl (C=S) groups is 2. The number of aromatic nitrogens is 2. The molecule has 0 amide bonds. The van der Waals surface area contributed by atoms with Gasteiger partial charge in [-0.25, -0.2) is 0 Å². The fraction of sp³-hybridized carbons (Fsp3) is 0.316. The summed E-state index contributed by atoms with van der Waals surface area (Å²) < 4.78 is 1.31. The maximum atomic E-state index is 5.25. The minimum atomic E-state index is 0. The Bertz CT molecular complexity index is 1340. The molecule has 4 rings (SSSR count). The van der Waals surface area contributed by atoms with E-state index < -0.39 is 0 Å². The molecule has 2 aromatic carbocycles. The molecule has 0 saturated heterocycles. The van der Waals surface area contributed by atoms with Crippen molar-refractivity contribution in [3.63, 3.8) is 0 Å². The van der Waals surface area contributed by atoms with Gasteiger partial charge in [0.25, 0.3) is 0 Å². The minimum Gasteiger partial charge on any atom is -0.262 e. The fourth-order valence-corrected chi connectivity index (χ4v) is 4.68. The number of hydrazone groups is 2. The molecule has 0 aliphatic rings. The molecule has 0 bridgehead atoms. The van der Waals surface area contributed by atoms with Gasteiger partial charge in [-0.05, 0) is 49.2 Å². The van der Waals surface area contributed by atoms with Crippen LogP contribution < -0.4 is 10.9 Å². The molecule has 4 aromatic rings. The second-order valence-electron chi connectivity index (χ2n) is 10.2. The number of hydrogen-bond acceptors (Lipinski definition) is 8. The van der Waals surface area contributed by atoms with E-state index >= 15 is 0 Å². The number of nitrogens with zero attached hydrogens (tertiary/aromatic N) is 4. The van der Waals surface area contributed by atoms with Gasteiger partial charge in [-0.1, -0.05) is 174 Å². The van der Waals surface area contributed by atoms with E-state index in [1.54, 1.807) is 35.9 Å². The second-order valence-corrected chi connectivity index (χ2v) is 13.5. The Kier molecular flexibility index (Phi) is 29.7. The van der Waals surface area contributed by atoms with Gasteiger partial charge in [0.2, 0.25) is 0 Å². The molecule has 2 N–H and O–H groups in total. The normalized spacial score (nSPS) is 10.3. The first-order valence-electron chi connectivity index (χ1n) is 16.2. The van der Waals surface area contributed by atoms with Crippen molar-refractivity contribution in [3.8, 4) is 0 Å². The van der Waals surface area contributed by atoms with Crippen molar-refractivity contribution in [1.82, 2.24) is 20.8 Å². The molecule has 6 nitrogen and oxygen atoms in total. The third kappa shape index (κ3) is 24.2. The average Bonchev–Trinajstić information content (AvgIpc) is 3.16. The zero-order valence-electron chi connectivity index (χ0n) is 29.6. The standard InChI is InChI=1S/2C15H15N3S2.2C4H10.Sn/c2*1-12(14-9-5-6-10-16-14)17-18-15(19)20-11-13-7-3-2-4-8-13;2*1-3-4-2;/h2*2-10H,11H2,1H3,(H,18,19);2*3-4H2,1-2H3;/b17-12+;17-12-;;;. The van der Waals surface area contributed by atoms with Gasteiger partial charge in [0, 0.05) is 47.8 Å². The Morgan fingerprint density at radius 2 is 0.878 bits per heavy atom. The number of rotatable bonds is 10. The zero-order valence-corrected chi connectivity index (χ0v) is 35.7. The number of nitrogens with one attached hydrogen (secondary N) is 2. The Morgan fingerprint density at radius 1 is 0.551 bits per heavy atom. The predicted octanol–water partition coefficient (Wildman–Crippen LogP) is 10.5. The van der Waals surface area contributed by atoms with Gasteiger partial charge in [-0.3, -0.25) is 20.8 Å². The van der Waals surface area contributed by atoms with E-state index in [0.29, 0.717) is 8.64 Å². The Balaban J connectivity index is 0.000000759. The molecule has 0 fully saturated rings. The van der Waals surface area contributed by atoms with Gasteiger partial charge in [-0.15, -0.1) is 0 Å². The van der Waals surface area contributed by atoms with E-state index in [9.17, 15) is 0 Å². The van der Waals surface area contributed by atoms with Crippen LogP contribution >= 0.6 is 48.0 Å². The molecule has 0 spiro atoms. The van der Waals surface area contributed by atoms with Gasteiger partial charge >= 0.3 is 0 Å². The van der Waals surface area contributed by atoms with Gasteiger partial charge in [0.15, 0.2) is 8.64 Å². The van der Waals surface area contributed by atoms with Crippen molar-refractivity contribution in [3.05, 3.63) is 132 Å². The molecule has 0 unspecified atom stereocenters. The van der Waals surface area contributed by atoms with Gasteiger partial charge < -0.3 is 0 Å². The van der Waals surface area contributed by atoms with Crippen LogP contribution in [0.2, 0.25) is 0 Å². The van der Waals surface area contributed by atoms with Crippen LogP contribution in [0.5, 0.6) is 0 Å². The van der Waals surface area contributed by atoms with Crippen molar-refractivity contribution < 1.29 is 0 Å². The van der Waals surface area contributed by atoms with E-state index in [-0.39, 0.29) is 23.9 Å². The van der Waals surface area contributed by atoms with Crippen LogP contribution in [0.4, 0.5) is 0 Å². The third-order valence-electron chi connectivity index (χ3n) is 6.13. The first kappa shape index (κ1) is 46.4. The molecular formula is C38H50N6S4Sn. The van der Waals surface area contributed by atoms with E-state index in [4.69, 9.17) is 24.4 Å². The molecular weight excluding hydrogens is 787 g/mol. The monoisotopic (exact) mass is 838 g/mol. The summed E-state index contributed by atoms with van der Waals surface area (Å²) in [7, 11) is 0. The van der Waals surface area contributed by atoms with E-state index in [1.807, 2.05) is 86.6 Å². The quantitative estimate of drug-likeness (QED) is 0.0708. The summed E-state index contributed by atoms with van der Waals surface area (Å²) in [6, 6.07) is 31.9. The van der Waals surface area contributed by atoms with Crippen molar-refractivity contribution in [2.45, 2.75) is 78.7 Å². The number of unbranched alkanes of at least 4 members (excludes halogenated alkanes) is 2. The molecule has 49 heavy (non-hydrogen) atoms. The minimum absolute atomic E-state index is 0. The Morgan fingerprint density at radius 3 is 1.16 bits per heavy atom. The fourth-order valence-electron chi connectivity index (χ4n) is 3.04. The Labute approximate surface area is 331 Å². The van der Waals surface area contributed by atoms with Crippen molar-refractivity contribution in [1.29, 1.82) is 0 Å². The van der Waals surface area contributed by atoms with Crippen LogP contribution in [-0.2, 0) is 11.5 Å². The molecule has 0 aliphatic carbocycles. The summed E-state index contributed by atoms with van der Waals surface area (Å²) in [6.07, 6.45) is 8.77. The second kappa shape index (κ2) is 31.3. The van der Waals surface area contributed by atoms with Crippen molar-refractivity contribution in [2.75, 3.05) is 0 Å². The molecule has 4 radical (unpaired) electrons. The SMILES string of the molecule is C/C(=N/NC(=S)SCc1ccccc1)c1ccccn1.C/C(=N\NC(=S)SCc1ccccc1)c1ccccn1.CCCC.CCCC.[Sn]. The number of benzene rings is 2. The maximum Gasteiger partial charge on any atom is 0.154 e. The molecule has 2 aromatic heterocycles. The third-order valence-corrected chi connectivity index (χ3v) is 8.68. The van der Waals surface area contributed by atoms with Crippen LogP contribution in [0, 0.1) is 0 Å². The molecule has 0 aliphatic heterocycles. The molecule has 0 atom stereocenters. The zero-order chi connectivity index (χ0) is 35.2. The average molecular weight is 838 g/mol. The van der Waals surface area contributed by atoms with E-state index in [0.717, 1.165) is 34.3 Å². The van der Waals surface area contributed by atoms with Crippen molar-refractivity contribution in [2.24, 2.45) is 10.2 Å². The van der Waals surface area contributed by atoms with Gasteiger partial charge in [0.1, 0.15) is 0 Å². The molecule has 260 valence electrons. The van der Waals surface area contributed by atoms with Crippen LogP contribution in [0.1, 0.15) is 89.7 Å². The summed E-state index contributed by atoms with van der Waals surface area (Å²) in [5.74, 6) is 1.68. The summed E-state index contributed by atoms with van der Waals surface area (Å²) >= 11 is 13.6. The van der Waals surface area contributed by atoms with E-state index in [1.165, 1.54) is 36.8 Å². The van der Waals surface area contributed by atoms with Gasteiger partial charge in [0.05, 0.1) is 22.8 Å². The summed E-state index contributed by atoms with van der Waals surface area (Å²) in [5.41, 5.74) is 11.6. The summed E-state index contributed by atoms with van der Waals surface area (Å²) in [6.45, 7) is 12.5.